The van der Waals surface area contributed by atoms with E-state index in [1.807, 2.05) is 0 Å². The number of carbonyl (C=O) groups excluding carboxylic acids is 5. The Labute approximate surface area is 238 Å². The lowest BCUT2D eigenvalue weighted by molar-refractivity contribution is -0.143. The summed E-state index contributed by atoms with van der Waals surface area (Å²) in [5.74, 6) is -2.01. The van der Waals surface area contributed by atoms with Gasteiger partial charge in [0.25, 0.3) is 5.91 Å². The van der Waals surface area contributed by atoms with E-state index in [2.05, 4.69) is 10.6 Å². The van der Waals surface area contributed by atoms with Crippen LogP contribution in [0, 0.1) is 11.2 Å². The SMILES string of the molecule is CC(=O)Nc1ccc2c(c1)CC[C@@]21OC(=O)N(CC(=O)N(Cc2ccc(F)cc2)[C@@H](C)CNC(=O)C(C)(C)C)C1=O. The number of hydrogen-bond donors (Lipinski definition) is 2. The molecule has 5 amide bonds. The molecule has 1 heterocycles. The minimum Gasteiger partial charge on any atom is -0.427 e. The predicted molar refractivity (Wildman–Crippen MR) is 148 cm³/mol. The van der Waals surface area contributed by atoms with Crippen molar-refractivity contribution in [2.24, 2.45) is 5.41 Å². The second kappa shape index (κ2) is 11.3. The minimum atomic E-state index is -1.53. The highest BCUT2D eigenvalue weighted by molar-refractivity contribution is 6.06. The number of hydrogen-bond acceptors (Lipinski definition) is 6. The summed E-state index contributed by atoms with van der Waals surface area (Å²) >= 11 is 0. The molecule has 11 heteroatoms. The topological polar surface area (TPSA) is 125 Å². The molecule has 2 aliphatic rings. The highest BCUT2D eigenvalue weighted by atomic mass is 19.1. The molecule has 0 unspecified atom stereocenters. The molecule has 218 valence electrons. The van der Waals surface area contributed by atoms with Crippen molar-refractivity contribution in [2.45, 2.75) is 65.6 Å². The Kier molecular flexibility index (Phi) is 8.19. The maximum atomic E-state index is 13.7. The molecule has 4 rings (SSSR count). The molecule has 1 saturated heterocycles. The largest absolute Gasteiger partial charge is 0.427 e. The van der Waals surface area contributed by atoms with Crippen molar-refractivity contribution in [1.82, 2.24) is 15.1 Å². The molecule has 1 spiro atoms. The number of rotatable bonds is 8. The molecule has 41 heavy (non-hydrogen) atoms. The van der Waals surface area contributed by atoms with E-state index in [4.69, 9.17) is 4.74 Å². The number of halogens is 1. The number of ether oxygens (including phenoxy) is 1. The monoisotopic (exact) mass is 566 g/mol. The fourth-order valence-electron chi connectivity index (χ4n) is 5.05. The van der Waals surface area contributed by atoms with Gasteiger partial charge in [-0.3, -0.25) is 19.2 Å². The zero-order valence-electron chi connectivity index (χ0n) is 23.9. The number of nitrogens with zero attached hydrogens (tertiary/aromatic N) is 2. The number of anilines is 1. The summed E-state index contributed by atoms with van der Waals surface area (Å²) in [4.78, 5) is 66.4. The van der Waals surface area contributed by atoms with Gasteiger partial charge >= 0.3 is 6.09 Å². The van der Waals surface area contributed by atoms with Crippen molar-refractivity contribution in [2.75, 3.05) is 18.4 Å². The predicted octanol–water partition coefficient (Wildman–Crippen LogP) is 3.48. The second-order valence-electron chi connectivity index (χ2n) is 11.6. The van der Waals surface area contributed by atoms with Gasteiger partial charge in [-0.05, 0) is 48.7 Å². The molecule has 2 atom stereocenters. The van der Waals surface area contributed by atoms with Crippen molar-refractivity contribution >= 4 is 35.4 Å². The van der Waals surface area contributed by atoms with Gasteiger partial charge in [0.1, 0.15) is 12.4 Å². The van der Waals surface area contributed by atoms with Crippen LogP contribution in [0.15, 0.2) is 42.5 Å². The third kappa shape index (κ3) is 6.23. The third-order valence-corrected chi connectivity index (χ3v) is 7.33. The van der Waals surface area contributed by atoms with Crippen molar-refractivity contribution in [3.05, 3.63) is 65.0 Å². The van der Waals surface area contributed by atoms with Gasteiger partial charge in [-0.25, -0.2) is 14.1 Å². The molecule has 2 N–H and O–H groups in total. The van der Waals surface area contributed by atoms with Crippen LogP contribution in [0.1, 0.15) is 57.7 Å². The Hall–Kier alpha value is -4.28. The Morgan fingerprint density at radius 3 is 2.44 bits per heavy atom. The van der Waals surface area contributed by atoms with E-state index < -0.39 is 47.3 Å². The first-order valence-electron chi connectivity index (χ1n) is 13.5. The van der Waals surface area contributed by atoms with Crippen LogP contribution in [-0.2, 0) is 42.5 Å². The van der Waals surface area contributed by atoms with Crippen LogP contribution in [0.2, 0.25) is 0 Å². The van der Waals surface area contributed by atoms with Gasteiger partial charge in [0.15, 0.2) is 0 Å². The van der Waals surface area contributed by atoms with Crippen molar-refractivity contribution < 1.29 is 33.1 Å². The van der Waals surface area contributed by atoms with E-state index in [1.54, 1.807) is 58.0 Å². The molecule has 0 radical (unpaired) electrons. The van der Waals surface area contributed by atoms with Gasteiger partial charge < -0.3 is 20.3 Å². The normalized spacial score (nSPS) is 18.6. The first-order chi connectivity index (χ1) is 19.2. The lowest BCUT2D eigenvalue weighted by atomic mass is 9.94. The molecular formula is C30H35FN4O6. The Morgan fingerprint density at radius 1 is 1.12 bits per heavy atom. The average molecular weight is 567 g/mol. The number of fused-ring (bicyclic) bond motifs is 2. The van der Waals surface area contributed by atoms with Crippen LogP contribution in [0.25, 0.3) is 0 Å². The molecule has 2 aromatic carbocycles. The standard InChI is InChI=1S/C30H35FN4O6/c1-18(15-32-26(38)29(3,4)5)34(16-20-6-8-22(31)9-7-20)25(37)17-35-27(39)30(41-28(35)40)13-12-21-14-23(33-19(2)36)10-11-24(21)30/h6-11,14,18H,12-13,15-17H2,1-5H3,(H,32,38)(H,33,36)/t18-,30+/m0/s1. The molecular weight excluding hydrogens is 531 g/mol. The molecule has 0 saturated carbocycles. The van der Waals surface area contributed by atoms with Gasteiger partial charge in [0, 0.05) is 49.1 Å². The zero-order valence-corrected chi connectivity index (χ0v) is 23.9. The number of amides is 5. The molecule has 1 aliphatic carbocycles. The van der Waals surface area contributed by atoms with Crippen molar-refractivity contribution in [3.8, 4) is 0 Å². The number of benzene rings is 2. The summed E-state index contributed by atoms with van der Waals surface area (Å²) in [6.07, 6.45) is -0.252. The minimum absolute atomic E-state index is 0.0721. The molecule has 0 bridgehead atoms. The van der Waals surface area contributed by atoms with Crippen molar-refractivity contribution in [3.63, 3.8) is 0 Å². The number of carbonyl (C=O) groups is 5. The average Bonchev–Trinajstić information content (AvgIpc) is 3.37. The fourth-order valence-corrected chi connectivity index (χ4v) is 5.05. The molecule has 10 nitrogen and oxygen atoms in total. The summed E-state index contributed by atoms with van der Waals surface area (Å²) in [5, 5.41) is 5.54. The van der Waals surface area contributed by atoms with Gasteiger partial charge in [0.05, 0.1) is 0 Å². The van der Waals surface area contributed by atoms with Crippen LogP contribution < -0.4 is 10.6 Å². The van der Waals surface area contributed by atoms with Gasteiger partial charge in [-0.15, -0.1) is 0 Å². The number of imide groups is 1. The van der Waals surface area contributed by atoms with E-state index in [1.165, 1.54) is 24.0 Å². The first-order valence-corrected chi connectivity index (χ1v) is 13.5. The van der Waals surface area contributed by atoms with E-state index in [0.717, 1.165) is 10.5 Å². The van der Waals surface area contributed by atoms with Gasteiger partial charge in [-0.1, -0.05) is 39.0 Å². The van der Waals surface area contributed by atoms with Crippen molar-refractivity contribution in [1.29, 1.82) is 0 Å². The molecule has 1 aliphatic heterocycles. The van der Waals surface area contributed by atoms with Crippen LogP contribution in [0.5, 0.6) is 0 Å². The van der Waals surface area contributed by atoms with E-state index in [0.29, 0.717) is 23.2 Å². The van der Waals surface area contributed by atoms with E-state index >= 15 is 0 Å². The summed E-state index contributed by atoms with van der Waals surface area (Å²) in [6, 6.07) is 10.2. The smallest absolute Gasteiger partial charge is 0.418 e. The van der Waals surface area contributed by atoms with Crippen LogP contribution in [0.4, 0.5) is 14.9 Å². The Balaban J connectivity index is 1.54. The summed E-state index contributed by atoms with van der Waals surface area (Å²) in [6.45, 7) is 8.11. The van der Waals surface area contributed by atoms with E-state index in [9.17, 15) is 28.4 Å². The van der Waals surface area contributed by atoms with Crippen LogP contribution in [-0.4, -0.2) is 58.7 Å². The van der Waals surface area contributed by atoms with Gasteiger partial charge in [-0.2, -0.15) is 0 Å². The molecule has 2 aromatic rings. The van der Waals surface area contributed by atoms with Crippen LogP contribution in [0.3, 0.4) is 0 Å². The summed E-state index contributed by atoms with van der Waals surface area (Å²) in [7, 11) is 0. The molecule has 0 aromatic heterocycles. The lowest BCUT2D eigenvalue weighted by Crippen LogP contribution is -2.50. The molecule has 1 fully saturated rings. The zero-order chi connectivity index (χ0) is 30.1. The fraction of sp³-hybridized carbons (Fsp3) is 0.433. The number of aryl methyl sites for hydroxylation is 1. The maximum Gasteiger partial charge on any atom is 0.418 e. The second-order valence-corrected chi connectivity index (χ2v) is 11.6. The summed E-state index contributed by atoms with van der Waals surface area (Å²) in [5.41, 5.74) is 0.344. The Morgan fingerprint density at radius 2 is 1.80 bits per heavy atom. The van der Waals surface area contributed by atoms with Crippen LogP contribution >= 0.6 is 0 Å². The van der Waals surface area contributed by atoms with Gasteiger partial charge in [0.2, 0.25) is 23.3 Å². The quantitative estimate of drug-likeness (QED) is 0.504. The summed E-state index contributed by atoms with van der Waals surface area (Å²) < 4.78 is 19.2. The highest BCUT2D eigenvalue weighted by Crippen LogP contribution is 2.46. The third-order valence-electron chi connectivity index (χ3n) is 7.33. The lowest BCUT2D eigenvalue weighted by Gasteiger charge is -2.31. The first kappa shape index (κ1) is 29.7. The number of nitrogens with one attached hydrogen (secondary N) is 2. The highest BCUT2D eigenvalue weighted by Gasteiger charge is 2.58. The maximum absolute atomic E-state index is 13.7. The van der Waals surface area contributed by atoms with E-state index in [-0.39, 0.29) is 31.3 Å². The Bertz CT molecular complexity index is 1390.